The Hall–Kier alpha value is -3.67. The molecule has 3 aromatic rings. The van der Waals surface area contributed by atoms with Gasteiger partial charge in [-0.2, -0.15) is 0 Å². The first-order valence-corrected chi connectivity index (χ1v) is 12.3. The van der Waals surface area contributed by atoms with E-state index < -0.39 is 17.8 Å². The maximum absolute atomic E-state index is 14.6. The van der Waals surface area contributed by atoms with Crippen molar-refractivity contribution in [3.05, 3.63) is 101 Å². The van der Waals surface area contributed by atoms with Gasteiger partial charge in [0.25, 0.3) is 5.91 Å². The fourth-order valence-electron chi connectivity index (χ4n) is 4.05. The first-order valence-electron chi connectivity index (χ1n) is 12.3. The highest BCUT2D eigenvalue weighted by atomic mass is 19.1. The summed E-state index contributed by atoms with van der Waals surface area (Å²) in [6.07, 6.45) is 1.05. The molecular weight excluding hydrogens is 455 g/mol. The molecule has 0 saturated carbocycles. The molecular formula is C30H35FN2O3. The number of hydrogen-bond donors (Lipinski definition) is 1. The van der Waals surface area contributed by atoms with Gasteiger partial charge in [-0.25, -0.2) is 4.39 Å². The van der Waals surface area contributed by atoms with Gasteiger partial charge in [0.2, 0.25) is 5.91 Å². The van der Waals surface area contributed by atoms with Gasteiger partial charge in [0, 0.05) is 24.6 Å². The van der Waals surface area contributed by atoms with Gasteiger partial charge >= 0.3 is 0 Å². The SMILES string of the molecule is CC[C@@H](C)NC(=O)[C@@H](Cc1ccccc1)N(Cc1ccccc1F)C(=O)COc1cc(C)cc(C)c1. The third kappa shape index (κ3) is 7.67. The molecule has 36 heavy (non-hydrogen) atoms. The molecule has 6 heteroatoms. The summed E-state index contributed by atoms with van der Waals surface area (Å²) in [7, 11) is 0. The van der Waals surface area contributed by atoms with E-state index in [2.05, 4.69) is 5.32 Å². The van der Waals surface area contributed by atoms with Crippen molar-refractivity contribution in [2.24, 2.45) is 0 Å². The molecule has 2 amide bonds. The van der Waals surface area contributed by atoms with Crippen LogP contribution in [0.25, 0.3) is 0 Å². The van der Waals surface area contributed by atoms with Gasteiger partial charge in [0.15, 0.2) is 6.61 Å². The Morgan fingerprint density at radius 3 is 2.25 bits per heavy atom. The lowest BCUT2D eigenvalue weighted by Crippen LogP contribution is -2.53. The molecule has 0 aliphatic carbocycles. The second kappa shape index (κ2) is 12.9. The topological polar surface area (TPSA) is 58.6 Å². The molecule has 0 aliphatic heterocycles. The second-order valence-corrected chi connectivity index (χ2v) is 9.25. The van der Waals surface area contributed by atoms with Gasteiger partial charge in [0.05, 0.1) is 0 Å². The number of benzene rings is 3. The van der Waals surface area contributed by atoms with Crippen LogP contribution in [-0.4, -0.2) is 35.4 Å². The first kappa shape index (κ1) is 26.9. The molecule has 0 aliphatic rings. The lowest BCUT2D eigenvalue weighted by atomic mass is 10.0. The molecule has 190 valence electrons. The number of nitrogens with one attached hydrogen (secondary N) is 1. The molecule has 5 nitrogen and oxygen atoms in total. The quantitative estimate of drug-likeness (QED) is 0.393. The van der Waals surface area contributed by atoms with Gasteiger partial charge in [-0.1, -0.05) is 61.5 Å². The largest absolute Gasteiger partial charge is 0.484 e. The predicted molar refractivity (Wildman–Crippen MR) is 140 cm³/mol. The molecule has 3 aromatic carbocycles. The highest BCUT2D eigenvalue weighted by molar-refractivity contribution is 5.88. The van der Waals surface area contributed by atoms with E-state index in [1.165, 1.54) is 11.0 Å². The summed E-state index contributed by atoms with van der Waals surface area (Å²) in [6, 6.07) is 20.7. The molecule has 1 N–H and O–H groups in total. The zero-order chi connectivity index (χ0) is 26.1. The molecule has 0 radical (unpaired) electrons. The minimum atomic E-state index is -0.837. The Kier molecular flexibility index (Phi) is 9.62. The third-order valence-electron chi connectivity index (χ3n) is 6.13. The summed E-state index contributed by atoms with van der Waals surface area (Å²) in [4.78, 5) is 28.5. The standard InChI is InChI=1S/C30H35FN2O3/c1-5-23(4)32-30(35)28(18-24-11-7-6-8-12-24)33(19-25-13-9-10-14-27(25)31)29(34)20-36-26-16-21(2)15-22(3)17-26/h6-17,23,28H,5,18-20H2,1-4H3,(H,32,35)/t23-,28-/m1/s1. The van der Waals surface area contributed by atoms with Crippen LogP contribution in [0.1, 0.15) is 42.5 Å². The minimum Gasteiger partial charge on any atom is -0.484 e. The average Bonchev–Trinajstić information content (AvgIpc) is 2.85. The van der Waals surface area contributed by atoms with Crippen LogP contribution < -0.4 is 10.1 Å². The van der Waals surface area contributed by atoms with E-state index in [0.717, 1.165) is 23.1 Å². The van der Waals surface area contributed by atoms with Crippen LogP contribution in [-0.2, 0) is 22.6 Å². The van der Waals surface area contributed by atoms with E-state index in [0.29, 0.717) is 17.7 Å². The maximum Gasteiger partial charge on any atom is 0.261 e. The van der Waals surface area contributed by atoms with Crippen molar-refractivity contribution >= 4 is 11.8 Å². The Bertz CT molecular complexity index is 1150. The molecule has 0 fully saturated rings. The number of halogens is 1. The number of amides is 2. The van der Waals surface area contributed by atoms with Crippen molar-refractivity contribution in [1.82, 2.24) is 10.2 Å². The van der Waals surface area contributed by atoms with E-state index in [9.17, 15) is 14.0 Å². The highest BCUT2D eigenvalue weighted by Crippen LogP contribution is 2.19. The van der Waals surface area contributed by atoms with Crippen molar-refractivity contribution in [1.29, 1.82) is 0 Å². The van der Waals surface area contributed by atoms with Gasteiger partial charge in [-0.15, -0.1) is 0 Å². The van der Waals surface area contributed by atoms with Crippen LogP contribution in [0.5, 0.6) is 5.75 Å². The normalized spacial score (nSPS) is 12.5. The van der Waals surface area contributed by atoms with Crippen molar-refractivity contribution in [3.63, 3.8) is 0 Å². The molecule has 0 aromatic heterocycles. The van der Waals surface area contributed by atoms with Crippen molar-refractivity contribution in [3.8, 4) is 5.75 Å². The number of aryl methyl sites for hydroxylation is 2. The van der Waals surface area contributed by atoms with Crippen LogP contribution in [0.3, 0.4) is 0 Å². The number of carbonyl (C=O) groups is 2. The average molecular weight is 491 g/mol. The van der Waals surface area contributed by atoms with Gasteiger partial charge in [0.1, 0.15) is 17.6 Å². The molecule has 2 atom stereocenters. The number of ether oxygens (including phenoxy) is 1. The number of carbonyl (C=O) groups excluding carboxylic acids is 2. The smallest absolute Gasteiger partial charge is 0.261 e. The second-order valence-electron chi connectivity index (χ2n) is 9.25. The highest BCUT2D eigenvalue weighted by Gasteiger charge is 2.31. The summed E-state index contributed by atoms with van der Waals surface area (Å²) in [5.41, 5.74) is 3.29. The summed E-state index contributed by atoms with van der Waals surface area (Å²) < 4.78 is 20.5. The van der Waals surface area contributed by atoms with Crippen LogP contribution >= 0.6 is 0 Å². The Labute approximate surface area is 213 Å². The van der Waals surface area contributed by atoms with Crippen molar-refractivity contribution in [2.75, 3.05) is 6.61 Å². The Morgan fingerprint density at radius 1 is 0.972 bits per heavy atom. The zero-order valence-electron chi connectivity index (χ0n) is 21.5. The van der Waals surface area contributed by atoms with Gasteiger partial charge in [-0.3, -0.25) is 9.59 Å². The van der Waals surface area contributed by atoms with Crippen molar-refractivity contribution in [2.45, 2.75) is 59.2 Å². The number of nitrogens with zero attached hydrogens (tertiary/aromatic N) is 1. The summed E-state index contributed by atoms with van der Waals surface area (Å²) >= 11 is 0. The van der Waals surface area contributed by atoms with E-state index in [4.69, 9.17) is 4.74 Å². The van der Waals surface area contributed by atoms with E-state index >= 15 is 0 Å². The fraction of sp³-hybridized carbons (Fsp3) is 0.333. The molecule has 0 heterocycles. The van der Waals surface area contributed by atoms with Crippen LogP contribution in [0.4, 0.5) is 4.39 Å². The van der Waals surface area contributed by atoms with Crippen LogP contribution in [0.15, 0.2) is 72.8 Å². The predicted octanol–water partition coefficient (Wildman–Crippen LogP) is 5.38. The van der Waals surface area contributed by atoms with Crippen LogP contribution in [0, 0.1) is 19.7 Å². The summed E-state index contributed by atoms with van der Waals surface area (Å²) in [5.74, 6) is -0.511. The Balaban J connectivity index is 1.93. The van der Waals surface area contributed by atoms with E-state index in [-0.39, 0.29) is 25.1 Å². The van der Waals surface area contributed by atoms with E-state index in [1.807, 2.05) is 76.2 Å². The lowest BCUT2D eigenvalue weighted by molar-refractivity contribution is -0.143. The third-order valence-corrected chi connectivity index (χ3v) is 6.13. The van der Waals surface area contributed by atoms with Gasteiger partial charge < -0.3 is 15.0 Å². The first-order chi connectivity index (χ1) is 17.3. The van der Waals surface area contributed by atoms with E-state index in [1.54, 1.807) is 18.2 Å². The van der Waals surface area contributed by atoms with Crippen LogP contribution in [0.2, 0.25) is 0 Å². The molecule has 0 unspecified atom stereocenters. The number of rotatable bonds is 11. The fourth-order valence-corrected chi connectivity index (χ4v) is 4.05. The van der Waals surface area contributed by atoms with Gasteiger partial charge in [-0.05, 0) is 62.1 Å². The minimum absolute atomic E-state index is 0.0485. The number of hydrogen-bond acceptors (Lipinski definition) is 3. The molecule has 0 saturated heterocycles. The monoisotopic (exact) mass is 490 g/mol. The summed E-state index contributed by atoms with van der Waals surface area (Å²) in [6.45, 7) is 7.51. The molecule has 3 rings (SSSR count). The lowest BCUT2D eigenvalue weighted by Gasteiger charge is -2.32. The summed E-state index contributed by atoms with van der Waals surface area (Å²) in [5, 5.41) is 3.01. The molecule has 0 bridgehead atoms. The Morgan fingerprint density at radius 2 is 1.61 bits per heavy atom. The molecule has 0 spiro atoms. The maximum atomic E-state index is 14.6. The van der Waals surface area contributed by atoms with Crippen molar-refractivity contribution < 1.29 is 18.7 Å². The zero-order valence-corrected chi connectivity index (χ0v) is 21.5.